The molecular weight excluding hydrogens is 402 g/mol. The van der Waals surface area contributed by atoms with Crippen LogP contribution in [0.25, 0.3) is 0 Å². The molecule has 3 aromatic rings. The molecule has 1 heterocycles. The predicted molar refractivity (Wildman–Crippen MR) is 117 cm³/mol. The Kier molecular flexibility index (Phi) is 6.37. The van der Waals surface area contributed by atoms with E-state index < -0.39 is 5.54 Å². The van der Waals surface area contributed by atoms with E-state index in [0.717, 1.165) is 5.56 Å². The molecule has 0 aliphatic heterocycles. The maximum Gasteiger partial charge on any atom is 0.270 e. The number of pyridine rings is 1. The Bertz CT molecular complexity index is 1070. The Labute approximate surface area is 179 Å². The lowest BCUT2D eigenvalue weighted by Gasteiger charge is -2.29. The molecule has 0 fully saturated rings. The SMILES string of the molecule is CC(C)(NC(=O)c1ccccn1)c1ccccc1NC(=O)Cc1cc(Cl)ccc1O. The first-order valence-corrected chi connectivity index (χ1v) is 9.74. The largest absolute Gasteiger partial charge is 0.508 e. The van der Waals surface area contributed by atoms with Crippen molar-refractivity contribution in [2.75, 3.05) is 5.32 Å². The molecule has 154 valence electrons. The van der Waals surface area contributed by atoms with Crippen LogP contribution in [0.1, 0.15) is 35.5 Å². The van der Waals surface area contributed by atoms with Crippen molar-refractivity contribution >= 4 is 29.1 Å². The van der Waals surface area contributed by atoms with Crippen LogP contribution in [-0.2, 0) is 16.8 Å². The zero-order valence-corrected chi connectivity index (χ0v) is 17.4. The number of aromatic nitrogens is 1. The molecule has 0 aliphatic carbocycles. The van der Waals surface area contributed by atoms with Gasteiger partial charge in [-0.05, 0) is 50.2 Å². The van der Waals surface area contributed by atoms with E-state index in [1.54, 1.807) is 48.7 Å². The number of benzene rings is 2. The van der Waals surface area contributed by atoms with Crippen molar-refractivity contribution < 1.29 is 14.7 Å². The number of hydrogen-bond acceptors (Lipinski definition) is 4. The number of hydrogen-bond donors (Lipinski definition) is 3. The van der Waals surface area contributed by atoms with Crippen LogP contribution in [0.2, 0.25) is 5.02 Å². The van der Waals surface area contributed by atoms with Crippen LogP contribution in [0.15, 0.2) is 66.9 Å². The number of carbonyl (C=O) groups excluding carboxylic acids is 2. The molecule has 3 rings (SSSR count). The molecule has 0 spiro atoms. The maximum absolute atomic E-state index is 12.6. The summed E-state index contributed by atoms with van der Waals surface area (Å²) in [7, 11) is 0. The Morgan fingerprint density at radius 2 is 1.80 bits per heavy atom. The van der Waals surface area contributed by atoms with Gasteiger partial charge in [-0.25, -0.2) is 0 Å². The molecular formula is C23H22ClN3O3. The third kappa shape index (κ3) is 5.15. The minimum atomic E-state index is -0.781. The Balaban J connectivity index is 1.78. The van der Waals surface area contributed by atoms with Crippen molar-refractivity contribution in [3.8, 4) is 5.75 Å². The first kappa shape index (κ1) is 21.3. The second-order valence-electron chi connectivity index (χ2n) is 7.34. The van der Waals surface area contributed by atoms with Crippen LogP contribution in [0.5, 0.6) is 5.75 Å². The number of nitrogens with zero attached hydrogens (tertiary/aromatic N) is 1. The van der Waals surface area contributed by atoms with E-state index >= 15 is 0 Å². The fourth-order valence-electron chi connectivity index (χ4n) is 3.11. The minimum Gasteiger partial charge on any atom is -0.508 e. The normalized spacial score (nSPS) is 11.0. The van der Waals surface area contributed by atoms with E-state index in [4.69, 9.17) is 11.6 Å². The number of amides is 2. The Morgan fingerprint density at radius 3 is 2.53 bits per heavy atom. The van der Waals surface area contributed by atoms with Gasteiger partial charge in [0.2, 0.25) is 5.91 Å². The molecule has 0 unspecified atom stereocenters. The quantitative estimate of drug-likeness (QED) is 0.551. The molecule has 0 bridgehead atoms. The van der Waals surface area contributed by atoms with Gasteiger partial charge in [0.25, 0.3) is 5.91 Å². The summed E-state index contributed by atoms with van der Waals surface area (Å²) in [6, 6.07) is 16.9. The lowest BCUT2D eigenvalue weighted by atomic mass is 9.92. The first-order valence-electron chi connectivity index (χ1n) is 9.36. The highest BCUT2D eigenvalue weighted by Gasteiger charge is 2.27. The lowest BCUT2D eigenvalue weighted by molar-refractivity contribution is -0.115. The van der Waals surface area contributed by atoms with E-state index in [1.807, 2.05) is 26.0 Å². The van der Waals surface area contributed by atoms with E-state index in [1.165, 1.54) is 6.07 Å². The number of aromatic hydroxyl groups is 1. The smallest absolute Gasteiger partial charge is 0.270 e. The van der Waals surface area contributed by atoms with Crippen molar-refractivity contribution in [1.82, 2.24) is 10.3 Å². The molecule has 7 heteroatoms. The molecule has 3 N–H and O–H groups in total. The molecule has 1 aromatic heterocycles. The number of rotatable bonds is 6. The molecule has 2 aromatic carbocycles. The van der Waals surface area contributed by atoms with Crippen molar-refractivity contribution in [2.24, 2.45) is 0 Å². The van der Waals surface area contributed by atoms with Crippen LogP contribution in [-0.4, -0.2) is 21.9 Å². The monoisotopic (exact) mass is 423 g/mol. The molecule has 0 atom stereocenters. The molecule has 6 nitrogen and oxygen atoms in total. The van der Waals surface area contributed by atoms with Gasteiger partial charge in [0.1, 0.15) is 11.4 Å². The summed E-state index contributed by atoms with van der Waals surface area (Å²) in [5, 5.41) is 16.2. The van der Waals surface area contributed by atoms with Crippen molar-refractivity contribution in [3.05, 3.63) is 88.7 Å². The number of carbonyl (C=O) groups is 2. The minimum absolute atomic E-state index is 0.00536. The molecule has 0 radical (unpaired) electrons. The molecule has 0 saturated carbocycles. The standard InChI is InChI=1S/C23H22ClN3O3/c1-23(2,27-22(30)19-9-5-6-12-25-19)17-7-3-4-8-18(17)26-21(29)14-15-13-16(24)10-11-20(15)28/h3-13,28H,14H2,1-2H3,(H,26,29)(H,27,30). The van der Waals surface area contributed by atoms with Gasteiger partial charge in [-0.15, -0.1) is 0 Å². The summed E-state index contributed by atoms with van der Waals surface area (Å²) in [6.45, 7) is 3.70. The highest BCUT2D eigenvalue weighted by Crippen LogP contribution is 2.29. The molecule has 2 amide bonds. The van der Waals surface area contributed by atoms with Gasteiger partial charge in [-0.2, -0.15) is 0 Å². The van der Waals surface area contributed by atoms with Crippen LogP contribution in [0.4, 0.5) is 5.69 Å². The molecule has 0 saturated heterocycles. The zero-order valence-electron chi connectivity index (χ0n) is 16.6. The van der Waals surface area contributed by atoms with E-state index in [-0.39, 0.29) is 24.0 Å². The van der Waals surface area contributed by atoms with Crippen LogP contribution in [0.3, 0.4) is 0 Å². The van der Waals surface area contributed by atoms with Crippen LogP contribution in [0, 0.1) is 0 Å². The first-order chi connectivity index (χ1) is 14.3. The lowest BCUT2D eigenvalue weighted by Crippen LogP contribution is -2.42. The van der Waals surface area contributed by atoms with Gasteiger partial charge in [-0.1, -0.05) is 35.9 Å². The van der Waals surface area contributed by atoms with Crippen LogP contribution < -0.4 is 10.6 Å². The predicted octanol–water partition coefficient (Wildman–Crippen LogP) is 4.29. The van der Waals surface area contributed by atoms with Gasteiger partial charge in [-0.3, -0.25) is 14.6 Å². The number of nitrogens with one attached hydrogen (secondary N) is 2. The third-order valence-electron chi connectivity index (χ3n) is 4.59. The second kappa shape index (κ2) is 8.97. The topological polar surface area (TPSA) is 91.3 Å². The number of anilines is 1. The van der Waals surface area contributed by atoms with Gasteiger partial charge < -0.3 is 15.7 Å². The summed E-state index contributed by atoms with van der Waals surface area (Å²) >= 11 is 5.96. The summed E-state index contributed by atoms with van der Waals surface area (Å²) in [4.78, 5) is 29.3. The van der Waals surface area contributed by atoms with E-state index in [0.29, 0.717) is 22.0 Å². The summed E-state index contributed by atoms with van der Waals surface area (Å²) < 4.78 is 0. The Hall–Kier alpha value is -3.38. The highest BCUT2D eigenvalue weighted by atomic mass is 35.5. The third-order valence-corrected chi connectivity index (χ3v) is 4.83. The van der Waals surface area contributed by atoms with E-state index in [2.05, 4.69) is 15.6 Å². The van der Waals surface area contributed by atoms with Crippen LogP contribution >= 0.6 is 11.6 Å². The average Bonchev–Trinajstić information content (AvgIpc) is 2.71. The number of phenolic OH excluding ortho intramolecular Hbond substituents is 1. The van der Waals surface area contributed by atoms with Gasteiger partial charge in [0.15, 0.2) is 0 Å². The van der Waals surface area contributed by atoms with E-state index in [9.17, 15) is 14.7 Å². The average molecular weight is 424 g/mol. The van der Waals surface area contributed by atoms with Crippen molar-refractivity contribution in [2.45, 2.75) is 25.8 Å². The number of phenols is 1. The maximum atomic E-state index is 12.6. The molecule has 30 heavy (non-hydrogen) atoms. The summed E-state index contributed by atoms with van der Waals surface area (Å²) in [5.41, 5.74) is 1.26. The second-order valence-corrected chi connectivity index (χ2v) is 7.77. The fraction of sp³-hybridized carbons (Fsp3) is 0.174. The molecule has 0 aliphatic rings. The van der Waals surface area contributed by atoms with Crippen molar-refractivity contribution in [3.63, 3.8) is 0 Å². The Morgan fingerprint density at radius 1 is 1.07 bits per heavy atom. The summed E-state index contributed by atoms with van der Waals surface area (Å²) in [6.07, 6.45) is 1.52. The number of halogens is 1. The zero-order chi connectivity index (χ0) is 21.7. The van der Waals surface area contributed by atoms with Gasteiger partial charge in [0, 0.05) is 28.0 Å². The van der Waals surface area contributed by atoms with Crippen molar-refractivity contribution in [1.29, 1.82) is 0 Å². The number of para-hydroxylation sites is 1. The van der Waals surface area contributed by atoms with Gasteiger partial charge in [0.05, 0.1) is 12.0 Å². The van der Waals surface area contributed by atoms with Gasteiger partial charge >= 0.3 is 0 Å². The fourth-order valence-corrected chi connectivity index (χ4v) is 3.31. The summed E-state index contributed by atoms with van der Waals surface area (Å²) in [5.74, 6) is -0.622. The highest BCUT2D eigenvalue weighted by molar-refractivity contribution is 6.30.